The van der Waals surface area contributed by atoms with Crippen LogP contribution in [-0.2, 0) is 21.2 Å². The molecule has 0 radical (unpaired) electrons. The Balaban J connectivity index is 2.01. The van der Waals surface area contributed by atoms with Gasteiger partial charge in [-0.25, -0.2) is 8.42 Å². The molecule has 5 nitrogen and oxygen atoms in total. The molecule has 1 N–H and O–H groups in total. The molecule has 1 heterocycles. The first-order valence-electron chi connectivity index (χ1n) is 7.17. The Labute approximate surface area is 126 Å². The van der Waals surface area contributed by atoms with Crippen molar-refractivity contribution in [1.82, 2.24) is 4.90 Å². The summed E-state index contributed by atoms with van der Waals surface area (Å²) < 4.78 is 23.4. The minimum atomic E-state index is -2.89. The van der Waals surface area contributed by atoms with Crippen molar-refractivity contribution in [3.63, 3.8) is 0 Å². The first-order valence-corrected chi connectivity index (χ1v) is 8.99. The first-order chi connectivity index (χ1) is 9.85. The summed E-state index contributed by atoms with van der Waals surface area (Å²) in [5, 5.41) is 2.73. The highest BCUT2D eigenvalue weighted by Crippen LogP contribution is 2.17. The SMILES string of the molecule is CC(=O)Nc1ccc(CN2CCS(=O)(=O)CCC2C)cc1. The van der Waals surface area contributed by atoms with Crippen molar-refractivity contribution < 1.29 is 13.2 Å². The molecule has 21 heavy (non-hydrogen) atoms. The topological polar surface area (TPSA) is 66.5 Å². The van der Waals surface area contributed by atoms with Crippen LogP contribution in [0.5, 0.6) is 0 Å². The monoisotopic (exact) mass is 310 g/mol. The van der Waals surface area contributed by atoms with Gasteiger partial charge in [-0.05, 0) is 31.0 Å². The molecule has 0 aromatic heterocycles. The number of nitrogens with zero attached hydrogens (tertiary/aromatic N) is 1. The van der Waals surface area contributed by atoms with Gasteiger partial charge in [0.15, 0.2) is 9.84 Å². The number of carbonyl (C=O) groups excluding carboxylic acids is 1. The van der Waals surface area contributed by atoms with Crippen LogP contribution >= 0.6 is 0 Å². The Morgan fingerprint density at radius 3 is 2.57 bits per heavy atom. The molecule has 1 saturated heterocycles. The zero-order valence-corrected chi connectivity index (χ0v) is 13.3. The van der Waals surface area contributed by atoms with Gasteiger partial charge in [0.05, 0.1) is 11.5 Å². The zero-order chi connectivity index (χ0) is 15.5. The number of hydrogen-bond acceptors (Lipinski definition) is 4. The molecule has 1 amide bonds. The Morgan fingerprint density at radius 2 is 1.95 bits per heavy atom. The number of rotatable bonds is 3. The van der Waals surface area contributed by atoms with Gasteiger partial charge in [0.1, 0.15) is 0 Å². The van der Waals surface area contributed by atoms with Gasteiger partial charge >= 0.3 is 0 Å². The summed E-state index contributed by atoms with van der Waals surface area (Å²) in [6.07, 6.45) is 0.687. The van der Waals surface area contributed by atoms with E-state index in [1.807, 2.05) is 24.3 Å². The Kier molecular flexibility index (Phi) is 5.00. The molecule has 1 aliphatic heterocycles. The van der Waals surface area contributed by atoms with Gasteiger partial charge in [-0.1, -0.05) is 12.1 Å². The molecule has 1 unspecified atom stereocenters. The normalized spacial score (nSPS) is 22.5. The van der Waals surface area contributed by atoms with Crippen molar-refractivity contribution >= 4 is 21.4 Å². The predicted molar refractivity (Wildman–Crippen MR) is 83.9 cm³/mol. The minimum absolute atomic E-state index is 0.0888. The molecule has 2 rings (SSSR count). The fourth-order valence-electron chi connectivity index (χ4n) is 2.48. The van der Waals surface area contributed by atoms with Crippen LogP contribution in [-0.4, -0.2) is 43.3 Å². The van der Waals surface area contributed by atoms with E-state index < -0.39 is 9.84 Å². The minimum Gasteiger partial charge on any atom is -0.326 e. The smallest absolute Gasteiger partial charge is 0.221 e. The highest BCUT2D eigenvalue weighted by molar-refractivity contribution is 7.91. The average molecular weight is 310 g/mol. The maximum atomic E-state index is 11.7. The number of nitrogens with one attached hydrogen (secondary N) is 1. The fraction of sp³-hybridized carbons (Fsp3) is 0.533. The molecule has 0 saturated carbocycles. The van der Waals surface area contributed by atoms with Crippen LogP contribution in [0.2, 0.25) is 0 Å². The molecule has 0 aliphatic carbocycles. The summed E-state index contributed by atoms with van der Waals surface area (Å²) in [5.74, 6) is 0.432. The standard InChI is InChI=1S/C15H22N2O3S/c1-12-7-9-21(19,20)10-8-17(12)11-14-3-5-15(6-4-14)16-13(2)18/h3-6,12H,7-11H2,1-2H3,(H,16,18). The molecule has 1 atom stereocenters. The van der Waals surface area contributed by atoms with E-state index in [0.29, 0.717) is 13.0 Å². The number of amides is 1. The van der Waals surface area contributed by atoms with Gasteiger partial charge in [-0.3, -0.25) is 9.69 Å². The van der Waals surface area contributed by atoms with E-state index in [1.54, 1.807) is 0 Å². The van der Waals surface area contributed by atoms with Crippen LogP contribution in [0.25, 0.3) is 0 Å². The molecular formula is C15H22N2O3S. The second-order valence-electron chi connectivity index (χ2n) is 5.64. The van der Waals surface area contributed by atoms with Crippen LogP contribution in [0.15, 0.2) is 24.3 Å². The van der Waals surface area contributed by atoms with Crippen LogP contribution in [0, 0.1) is 0 Å². The summed E-state index contributed by atoms with van der Waals surface area (Å²) >= 11 is 0. The summed E-state index contributed by atoms with van der Waals surface area (Å²) in [6.45, 7) is 4.87. The molecule has 0 spiro atoms. The second kappa shape index (κ2) is 6.58. The van der Waals surface area contributed by atoms with Gasteiger partial charge in [0, 0.05) is 31.7 Å². The maximum absolute atomic E-state index is 11.7. The third-order valence-electron chi connectivity index (χ3n) is 3.82. The van der Waals surface area contributed by atoms with Crippen molar-refractivity contribution in [3.05, 3.63) is 29.8 Å². The summed E-state index contributed by atoms with van der Waals surface area (Å²) in [7, 11) is -2.89. The van der Waals surface area contributed by atoms with Crippen molar-refractivity contribution in [1.29, 1.82) is 0 Å². The molecule has 116 valence electrons. The van der Waals surface area contributed by atoms with E-state index in [-0.39, 0.29) is 23.5 Å². The Morgan fingerprint density at radius 1 is 1.29 bits per heavy atom. The lowest BCUT2D eigenvalue weighted by Crippen LogP contribution is -2.33. The van der Waals surface area contributed by atoms with Crippen molar-refractivity contribution in [2.75, 3.05) is 23.4 Å². The van der Waals surface area contributed by atoms with E-state index in [1.165, 1.54) is 6.92 Å². The second-order valence-corrected chi connectivity index (χ2v) is 7.94. The van der Waals surface area contributed by atoms with Crippen LogP contribution in [0.4, 0.5) is 5.69 Å². The van der Waals surface area contributed by atoms with E-state index in [0.717, 1.165) is 17.8 Å². The summed E-state index contributed by atoms with van der Waals surface area (Å²) in [5.41, 5.74) is 1.90. The number of carbonyl (C=O) groups is 1. The third-order valence-corrected chi connectivity index (χ3v) is 5.48. The number of anilines is 1. The van der Waals surface area contributed by atoms with E-state index in [9.17, 15) is 13.2 Å². The third kappa shape index (κ3) is 4.82. The van der Waals surface area contributed by atoms with Crippen LogP contribution in [0.1, 0.15) is 25.8 Å². The van der Waals surface area contributed by atoms with Gasteiger partial charge in [-0.2, -0.15) is 0 Å². The molecule has 1 fully saturated rings. The summed E-state index contributed by atoms with van der Waals surface area (Å²) in [4.78, 5) is 13.2. The predicted octanol–water partition coefficient (Wildman–Crippen LogP) is 1.65. The zero-order valence-electron chi connectivity index (χ0n) is 12.5. The van der Waals surface area contributed by atoms with Crippen LogP contribution < -0.4 is 5.32 Å². The van der Waals surface area contributed by atoms with E-state index in [4.69, 9.17) is 0 Å². The highest BCUT2D eigenvalue weighted by Gasteiger charge is 2.24. The molecular weight excluding hydrogens is 288 g/mol. The Hall–Kier alpha value is -1.40. The number of benzene rings is 1. The van der Waals surface area contributed by atoms with Gasteiger partial charge < -0.3 is 5.32 Å². The Bertz CT molecular complexity index is 596. The van der Waals surface area contributed by atoms with E-state index in [2.05, 4.69) is 17.1 Å². The molecule has 0 bridgehead atoms. The largest absolute Gasteiger partial charge is 0.326 e. The lowest BCUT2D eigenvalue weighted by atomic mass is 10.1. The number of sulfone groups is 1. The maximum Gasteiger partial charge on any atom is 0.221 e. The number of hydrogen-bond donors (Lipinski definition) is 1. The highest BCUT2D eigenvalue weighted by atomic mass is 32.2. The van der Waals surface area contributed by atoms with Crippen molar-refractivity contribution in [2.45, 2.75) is 32.9 Å². The van der Waals surface area contributed by atoms with Crippen molar-refractivity contribution in [3.8, 4) is 0 Å². The molecule has 6 heteroatoms. The van der Waals surface area contributed by atoms with Gasteiger partial charge in [0.25, 0.3) is 0 Å². The lowest BCUT2D eigenvalue weighted by Gasteiger charge is -2.26. The molecule has 1 aromatic rings. The molecule has 1 aliphatic rings. The van der Waals surface area contributed by atoms with Gasteiger partial charge in [0.2, 0.25) is 5.91 Å². The van der Waals surface area contributed by atoms with Crippen LogP contribution in [0.3, 0.4) is 0 Å². The first kappa shape index (κ1) is 16.0. The molecule has 1 aromatic carbocycles. The lowest BCUT2D eigenvalue weighted by molar-refractivity contribution is -0.114. The van der Waals surface area contributed by atoms with Gasteiger partial charge in [-0.15, -0.1) is 0 Å². The van der Waals surface area contributed by atoms with E-state index >= 15 is 0 Å². The quantitative estimate of drug-likeness (QED) is 0.922. The summed E-state index contributed by atoms with van der Waals surface area (Å²) in [6, 6.07) is 7.94. The average Bonchev–Trinajstić information content (AvgIpc) is 2.53. The van der Waals surface area contributed by atoms with Crippen molar-refractivity contribution in [2.24, 2.45) is 0 Å². The fourth-order valence-corrected chi connectivity index (χ4v) is 3.89.